The second kappa shape index (κ2) is 11.4. The molecule has 3 N–H and O–H groups in total. The molecule has 2 heterocycles. The van der Waals surface area contributed by atoms with Gasteiger partial charge in [-0.1, -0.05) is 27.5 Å². The van der Waals surface area contributed by atoms with E-state index in [4.69, 9.17) is 21.1 Å². The van der Waals surface area contributed by atoms with Crippen molar-refractivity contribution in [3.05, 3.63) is 49.4 Å². The number of hydrazone groups is 1. The van der Waals surface area contributed by atoms with Crippen LogP contribution in [0, 0.1) is 6.92 Å². The Morgan fingerprint density at radius 1 is 1.14 bits per heavy atom. The first-order valence-corrected chi connectivity index (χ1v) is 12.5. The van der Waals surface area contributed by atoms with Crippen LogP contribution in [0.3, 0.4) is 0 Å². The number of hydrogen-bond donors (Lipinski definition) is 3. The first-order valence-electron chi connectivity index (χ1n) is 10.5. The maximum Gasteiger partial charge on any atom is 0.250 e. The Kier molecular flexibility index (Phi) is 8.26. The minimum atomic E-state index is -0.0330. The minimum absolute atomic E-state index is 0.0330. The van der Waals surface area contributed by atoms with Crippen LogP contribution < -0.4 is 20.4 Å². The van der Waals surface area contributed by atoms with Crippen LogP contribution in [0.4, 0.5) is 23.5 Å². The fourth-order valence-electron chi connectivity index (χ4n) is 3.25. The van der Waals surface area contributed by atoms with Crippen LogP contribution >= 0.6 is 43.5 Å². The summed E-state index contributed by atoms with van der Waals surface area (Å²) in [6.45, 7) is 4.39. The first kappa shape index (κ1) is 25.4. The van der Waals surface area contributed by atoms with Crippen LogP contribution in [-0.2, 0) is 4.74 Å². The van der Waals surface area contributed by atoms with Crippen molar-refractivity contribution >= 4 is 73.2 Å². The quantitative estimate of drug-likeness (QED) is 0.243. The molecule has 1 aliphatic heterocycles. The lowest BCUT2D eigenvalue weighted by atomic mass is 10.2. The Bertz CT molecular complexity index is 1260. The maximum atomic E-state index is 10.4. The molecule has 0 atom stereocenters. The van der Waals surface area contributed by atoms with Gasteiger partial charge in [-0.25, -0.2) is 5.43 Å². The predicted molar refractivity (Wildman–Crippen MR) is 144 cm³/mol. The number of methoxy groups -OCH3 is 1. The number of phenolic OH excluding ortho intramolecular Hbond substituents is 1. The zero-order valence-corrected chi connectivity index (χ0v) is 22.8. The summed E-state index contributed by atoms with van der Waals surface area (Å²) in [5.41, 5.74) is 4.92. The summed E-state index contributed by atoms with van der Waals surface area (Å²) in [5, 5.41) is 18.4. The Morgan fingerprint density at radius 3 is 2.63 bits per heavy atom. The predicted octanol–water partition coefficient (Wildman–Crippen LogP) is 5.10. The Balaban J connectivity index is 1.63. The average Bonchev–Trinajstić information content (AvgIpc) is 2.85. The number of aromatic hydroxyl groups is 1. The van der Waals surface area contributed by atoms with E-state index in [0.717, 1.165) is 14.5 Å². The van der Waals surface area contributed by atoms with E-state index in [2.05, 4.69) is 62.7 Å². The number of aryl methyl sites for hydroxylation is 1. The number of halogens is 3. The Hall–Kier alpha value is -2.67. The molecule has 0 bridgehead atoms. The minimum Gasteiger partial charge on any atom is -0.504 e. The van der Waals surface area contributed by atoms with Crippen molar-refractivity contribution in [1.82, 2.24) is 15.0 Å². The highest BCUT2D eigenvalue weighted by atomic mass is 79.9. The van der Waals surface area contributed by atoms with Gasteiger partial charge in [0.05, 0.1) is 32.2 Å². The number of nitrogens with zero attached hydrogens (tertiary/aromatic N) is 5. The number of anilines is 4. The molecule has 0 radical (unpaired) electrons. The summed E-state index contributed by atoms with van der Waals surface area (Å²) < 4.78 is 12.2. The number of aromatic nitrogens is 3. The summed E-state index contributed by atoms with van der Waals surface area (Å²) >= 11 is 13.2. The molecule has 0 saturated carbocycles. The van der Waals surface area contributed by atoms with Gasteiger partial charge in [-0.3, -0.25) is 0 Å². The van der Waals surface area contributed by atoms with Gasteiger partial charge in [-0.05, 0) is 52.7 Å². The fourth-order valence-corrected chi connectivity index (χ4v) is 4.42. The second-order valence-electron chi connectivity index (χ2n) is 7.50. The molecule has 13 heteroatoms. The van der Waals surface area contributed by atoms with Crippen LogP contribution in [-0.4, -0.2) is 59.7 Å². The number of hydrogen-bond acceptors (Lipinski definition) is 10. The van der Waals surface area contributed by atoms with E-state index in [-0.39, 0.29) is 11.7 Å². The zero-order valence-electron chi connectivity index (χ0n) is 18.8. The molecule has 1 saturated heterocycles. The Morgan fingerprint density at radius 2 is 1.89 bits per heavy atom. The third kappa shape index (κ3) is 6.31. The lowest BCUT2D eigenvalue weighted by Crippen LogP contribution is -2.37. The van der Waals surface area contributed by atoms with Crippen LogP contribution in [0.15, 0.2) is 38.3 Å². The molecule has 184 valence electrons. The molecule has 2 aromatic carbocycles. The van der Waals surface area contributed by atoms with E-state index in [1.54, 1.807) is 18.2 Å². The third-order valence-corrected chi connectivity index (χ3v) is 6.59. The van der Waals surface area contributed by atoms with Gasteiger partial charge < -0.3 is 24.8 Å². The van der Waals surface area contributed by atoms with Gasteiger partial charge in [0.25, 0.3) is 0 Å². The number of nitrogens with one attached hydrogen (secondary N) is 2. The number of morpholine rings is 1. The highest BCUT2D eigenvalue weighted by Crippen LogP contribution is 2.33. The fraction of sp³-hybridized carbons (Fsp3) is 0.273. The van der Waals surface area contributed by atoms with E-state index >= 15 is 0 Å². The maximum absolute atomic E-state index is 10.4. The molecule has 4 rings (SSSR count). The topological polar surface area (TPSA) is 117 Å². The van der Waals surface area contributed by atoms with Crippen molar-refractivity contribution in [2.75, 3.05) is 49.1 Å². The van der Waals surface area contributed by atoms with Crippen molar-refractivity contribution in [2.45, 2.75) is 6.92 Å². The molecule has 0 aliphatic carbocycles. The molecule has 1 fully saturated rings. The van der Waals surface area contributed by atoms with Gasteiger partial charge in [0, 0.05) is 32.6 Å². The molecule has 0 spiro atoms. The lowest BCUT2D eigenvalue weighted by molar-refractivity contribution is 0.122. The molecule has 1 aromatic heterocycles. The van der Waals surface area contributed by atoms with Gasteiger partial charge in [0.1, 0.15) is 0 Å². The number of ether oxygens (including phenoxy) is 2. The van der Waals surface area contributed by atoms with Gasteiger partial charge >= 0.3 is 0 Å². The molecular formula is C22H22Br2ClN7O3. The number of benzene rings is 2. The molecular weight excluding hydrogens is 606 g/mol. The molecule has 0 unspecified atom stereocenters. The monoisotopic (exact) mass is 625 g/mol. The average molecular weight is 628 g/mol. The SMILES string of the molecule is COc1cc(Br)cc(/C=N\Nc2nc(Nc3cc(Cl)c(C)cc3Br)nc(N3CCOCC3)n2)c1O. The normalized spacial score (nSPS) is 13.8. The van der Waals surface area contributed by atoms with Gasteiger partial charge in [-0.2, -0.15) is 20.1 Å². The van der Waals surface area contributed by atoms with Crippen LogP contribution in [0.25, 0.3) is 0 Å². The smallest absolute Gasteiger partial charge is 0.250 e. The third-order valence-electron chi connectivity index (χ3n) is 5.07. The van der Waals surface area contributed by atoms with E-state index in [9.17, 15) is 5.11 Å². The zero-order chi connectivity index (χ0) is 24.9. The van der Waals surface area contributed by atoms with Crippen molar-refractivity contribution in [3.63, 3.8) is 0 Å². The van der Waals surface area contributed by atoms with E-state index < -0.39 is 0 Å². The van der Waals surface area contributed by atoms with E-state index in [1.807, 2.05) is 17.9 Å². The van der Waals surface area contributed by atoms with E-state index in [1.165, 1.54) is 13.3 Å². The molecule has 10 nitrogen and oxygen atoms in total. The number of rotatable bonds is 7. The van der Waals surface area contributed by atoms with Crippen molar-refractivity contribution in [1.29, 1.82) is 0 Å². The van der Waals surface area contributed by atoms with Gasteiger partial charge in [0.2, 0.25) is 17.8 Å². The Labute approximate surface area is 224 Å². The van der Waals surface area contributed by atoms with Crippen LogP contribution in [0.2, 0.25) is 5.02 Å². The van der Waals surface area contributed by atoms with Crippen LogP contribution in [0.5, 0.6) is 11.5 Å². The van der Waals surface area contributed by atoms with Gasteiger partial charge in [0.15, 0.2) is 11.5 Å². The standard InChI is InChI=1S/C22H22Br2ClN7O3/c1-12-7-15(24)17(10-16(12)25)27-20-28-21(30-22(29-20)32-3-5-35-6-4-32)31-26-11-13-8-14(23)9-18(34-2)19(13)33/h7-11,33H,3-6H2,1-2H3,(H2,27,28,29,30,31)/b26-11-. The summed E-state index contributed by atoms with van der Waals surface area (Å²) in [7, 11) is 1.48. The lowest BCUT2D eigenvalue weighted by Gasteiger charge is -2.27. The second-order valence-corrected chi connectivity index (χ2v) is 9.68. The summed E-state index contributed by atoms with van der Waals surface area (Å²) in [6, 6.07) is 7.08. The van der Waals surface area contributed by atoms with Crippen molar-refractivity contribution < 1.29 is 14.6 Å². The summed E-state index contributed by atoms with van der Waals surface area (Å²) in [6.07, 6.45) is 1.45. The van der Waals surface area contributed by atoms with Crippen LogP contribution in [0.1, 0.15) is 11.1 Å². The highest BCUT2D eigenvalue weighted by molar-refractivity contribution is 9.10. The van der Waals surface area contributed by atoms with Gasteiger partial charge in [-0.15, -0.1) is 0 Å². The highest BCUT2D eigenvalue weighted by Gasteiger charge is 2.17. The van der Waals surface area contributed by atoms with Crippen molar-refractivity contribution in [3.8, 4) is 11.5 Å². The van der Waals surface area contributed by atoms with Crippen molar-refractivity contribution in [2.24, 2.45) is 5.10 Å². The number of phenols is 1. The molecule has 35 heavy (non-hydrogen) atoms. The largest absolute Gasteiger partial charge is 0.504 e. The molecule has 3 aromatic rings. The summed E-state index contributed by atoms with van der Waals surface area (Å²) in [4.78, 5) is 15.5. The molecule has 1 aliphatic rings. The summed E-state index contributed by atoms with van der Waals surface area (Å²) in [5.74, 6) is 1.30. The molecule has 0 amide bonds. The first-order chi connectivity index (χ1) is 16.8. The van der Waals surface area contributed by atoms with E-state index in [0.29, 0.717) is 60.2 Å².